The number of nitrogens with zero attached hydrogens (tertiary/aromatic N) is 1. The second-order valence-corrected chi connectivity index (χ2v) is 9.49. The van der Waals surface area contributed by atoms with Gasteiger partial charge in [-0.05, 0) is 67.9 Å². The zero-order chi connectivity index (χ0) is 24.1. The highest BCUT2D eigenvalue weighted by Gasteiger charge is 2.28. The molecule has 0 aliphatic carbocycles. The first-order chi connectivity index (χ1) is 16.4. The average Bonchev–Trinajstić information content (AvgIpc) is 3.29. The highest BCUT2D eigenvalue weighted by molar-refractivity contribution is 7.91. The van der Waals surface area contributed by atoms with E-state index in [1.54, 1.807) is 55.6 Å². The van der Waals surface area contributed by atoms with Crippen molar-refractivity contribution in [2.24, 2.45) is 0 Å². The molecule has 0 fully saturated rings. The molecular weight excluding hydrogens is 452 g/mol. The van der Waals surface area contributed by atoms with Crippen LogP contribution in [0.3, 0.4) is 0 Å². The lowest BCUT2D eigenvalue weighted by molar-refractivity contribution is 0.340. The summed E-state index contributed by atoms with van der Waals surface area (Å²) in [7, 11) is -2.31. The summed E-state index contributed by atoms with van der Waals surface area (Å²) in [6, 6.07) is 21.3. The fourth-order valence-electron chi connectivity index (χ4n) is 3.34. The van der Waals surface area contributed by atoms with Gasteiger partial charge in [0.1, 0.15) is 11.5 Å². The molecule has 0 unspecified atom stereocenters. The summed E-state index contributed by atoms with van der Waals surface area (Å²) in [5.41, 5.74) is 2.53. The van der Waals surface area contributed by atoms with E-state index in [1.165, 1.54) is 0 Å². The molecule has 1 N–H and O–H groups in total. The van der Waals surface area contributed by atoms with Crippen LogP contribution in [0.1, 0.15) is 18.1 Å². The molecule has 0 atom stereocenters. The van der Waals surface area contributed by atoms with Crippen molar-refractivity contribution in [2.45, 2.75) is 30.3 Å². The van der Waals surface area contributed by atoms with Gasteiger partial charge in [-0.25, -0.2) is 8.42 Å². The number of rotatable bonds is 9. The molecule has 0 aliphatic heterocycles. The van der Waals surface area contributed by atoms with E-state index in [1.807, 2.05) is 38.1 Å². The van der Waals surface area contributed by atoms with Crippen molar-refractivity contribution in [3.8, 4) is 23.0 Å². The number of aryl methyl sites for hydroxylation is 1. The maximum absolute atomic E-state index is 13.4. The first-order valence-corrected chi connectivity index (χ1v) is 12.3. The van der Waals surface area contributed by atoms with E-state index in [9.17, 15) is 8.42 Å². The number of ether oxygens (including phenoxy) is 2. The summed E-state index contributed by atoms with van der Waals surface area (Å²) in [4.78, 5) is 4.54. The molecule has 3 aromatic carbocycles. The maximum Gasteiger partial charge on any atom is 0.234 e. The molecule has 7 nitrogen and oxygen atoms in total. The molecule has 0 amide bonds. The van der Waals surface area contributed by atoms with Crippen molar-refractivity contribution in [2.75, 3.05) is 19.0 Å². The maximum atomic E-state index is 13.4. The number of nitrogens with one attached hydrogen (secondary N) is 1. The first-order valence-electron chi connectivity index (χ1n) is 10.8. The minimum atomic E-state index is -3.92. The van der Waals surface area contributed by atoms with E-state index in [4.69, 9.17) is 13.9 Å². The van der Waals surface area contributed by atoms with Crippen molar-refractivity contribution in [1.29, 1.82) is 0 Å². The zero-order valence-electron chi connectivity index (χ0n) is 19.2. The molecule has 8 heteroatoms. The number of aromatic nitrogens is 1. The molecule has 0 saturated carbocycles. The standard InChI is InChI=1S/C26H26N2O5S/c1-4-32-22-13-9-20(10-14-22)24-28-26(34(29,30)23-15-5-18(2)6-16-23)25(33-24)27-17-19-7-11-21(31-3)12-8-19/h5-16,27H,4,17H2,1-3H3. The fraction of sp³-hybridized carbons (Fsp3) is 0.192. The van der Waals surface area contributed by atoms with Gasteiger partial charge in [-0.15, -0.1) is 0 Å². The first kappa shape index (κ1) is 23.4. The Hall–Kier alpha value is -3.78. The van der Waals surface area contributed by atoms with Gasteiger partial charge in [-0.2, -0.15) is 4.98 Å². The molecule has 1 heterocycles. The summed E-state index contributed by atoms with van der Waals surface area (Å²) in [5, 5.41) is 2.94. The molecule has 34 heavy (non-hydrogen) atoms. The van der Waals surface area contributed by atoms with E-state index >= 15 is 0 Å². The van der Waals surface area contributed by atoms with Gasteiger partial charge in [-0.1, -0.05) is 29.8 Å². The zero-order valence-corrected chi connectivity index (χ0v) is 20.1. The van der Waals surface area contributed by atoms with Crippen LogP contribution in [0.25, 0.3) is 11.5 Å². The number of oxazole rings is 1. The Kier molecular flexibility index (Phi) is 6.88. The summed E-state index contributed by atoms with van der Waals surface area (Å²) < 4.78 is 43.5. The summed E-state index contributed by atoms with van der Waals surface area (Å²) >= 11 is 0. The lowest BCUT2D eigenvalue weighted by Gasteiger charge is -2.07. The third-order valence-corrected chi connectivity index (χ3v) is 6.88. The van der Waals surface area contributed by atoms with E-state index in [2.05, 4.69) is 10.3 Å². The summed E-state index contributed by atoms with van der Waals surface area (Å²) in [6.45, 7) is 4.71. The predicted octanol–water partition coefficient (Wildman–Crippen LogP) is 5.50. The van der Waals surface area contributed by atoms with E-state index in [0.717, 1.165) is 16.9 Å². The quantitative estimate of drug-likeness (QED) is 0.340. The third kappa shape index (κ3) is 5.07. The van der Waals surface area contributed by atoms with Crippen molar-refractivity contribution >= 4 is 15.7 Å². The molecular formula is C26H26N2O5S. The molecule has 4 aromatic rings. The van der Waals surface area contributed by atoms with Crippen LogP contribution in [0.4, 0.5) is 5.88 Å². The Morgan fingerprint density at radius 1 is 0.912 bits per heavy atom. The number of anilines is 1. The van der Waals surface area contributed by atoms with Crippen LogP contribution in [-0.4, -0.2) is 27.1 Å². The Morgan fingerprint density at radius 2 is 1.56 bits per heavy atom. The second-order valence-electron chi connectivity index (χ2n) is 7.63. The van der Waals surface area contributed by atoms with Gasteiger partial charge in [0.25, 0.3) is 0 Å². The van der Waals surface area contributed by atoms with Crippen LogP contribution in [0, 0.1) is 6.92 Å². The van der Waals surface area contributed by atoms with Crippen molar-refractivity contribution in [1.82, 2.24) is 4.98 Å². The Labute approximate surface area is 199 Å². The topological polar surface area (TPSA) is 90.7 Å². The summed E-state index contributed by atoms with van der Waals surface area (Å²) in [6.07, 6.45) is 0. The van der Waals surface area contributed by atoms with Crippen LogP contribution < -0.4 is 14.8 Å². The lowest BCUT2D eigenvalue weighted by atomic mass is 10.2. The molecule has 0 aliphatic rings. The van der Waals surface area contributed by atoms with Gasteiger partial charge in [0.15, 0.2) is 0 Å². The predicted molar refractivity (Wildman–Crippen MR) is 130 cm³/mol. The molecule has 0 bridgehead atoms. The molecule has 176 valence electrons. The van der Waals surface area contributed by atoms with Crippen molar-refractivity contribution in [3.63, 3.8) is 0 Å². The minimum Gasteiger partial charge on any atom is -0.497 e. The smallest absolute Gasteiger partial charge is 0.234 e. The van der Waals surface area contributed by atoms with Gasteiger partial charge >= 0.3 is 0 Å². The largest absolute Gasteiger partial charge is 0.497 e. The van der Waals surface area contributed by atoms with E-state index in [-0.39, 0.29) is 21.7 Å². The van der Waals surface area contributed by atoms with Gasteiger partial charge in [0, 0.05) is 12.1 Å². The van der Waals surface area contributed by atoms with Crippen LogP contribution >= 0.6 is 0 Å². The van der Waals surface area contributed by atoms with E-state index < -0.39 is 9.84 Å². The van der Waals surface area contributed by atoms with Gasteiger partial charge in [-0.3, -0.25) is 0 Å². The fourth-order valence-corrected chi connectivity index (χ4v) is 4.62. The minimum absolute atomic E-state index is 0.0836. The molecule has 1 aromatic heterocycles. The molecule has 4 rings (SSSR count). The summed E-state index contributed by atoms with van der Waals surface area (Å²) in [5.74, 6) is 1.73. The molecule has 0 saturated heterocycles. The number of benzene rings is 3. The SMILES string of the molecule is CCOc1ccc(-c2nc(S(=O)(=O)c3ccc(C)cc3)c(NCc3ccc(OC)cc3)o2)cc1. The van der Waals surface area contributed by atoms with Gasteiger partial charge in [0.05, 0.1) is 18.6 Å². The molecule has 0 spiro atoms. The number of sulfone groups is 1. The van der Waals surface area contributed by atoms with Crippen LogP contribution in [0.15, 0.2) is 87.1 Å². The Bertz CT molecular complexity index is 1340. The monoisotopic (exact) mass is 478 g/mol. The van der Waals surface area contributed by atoms with Gasteiger partial charge < -0.3 is 19.2 Å². The van der Waals surface area contributed by atoms with Crippen molar-refractivity contribution in [3.05, 3.63) is 83.9 Å². The van der Waals surface area contributed by atoms with Crippen LogP contribution in [0.2, 0.25) is 0 Å². The number of methoxy groups -OCH3 is 1. The van der Waals surface area contributed by atoms with E-state index in [0.29, 0.717) is 24.5 Å². The third-order valence-electron chi connectivity index (χ3n) is 5.21. The Morgan fingerprint density at radius 3 is 2.18 bits per heavy atom. The molecule has 0 radical (unpaired) electrons. The average molecular weight is 479 g/mol. The normalized spacial score (nSPS) is 11.3. The van der Waals surface area contributed by atoms with Crippen LogP contribution in [-0.2, 0) is 16.4 Å². The van der Waals surface area contributed by atoms with Crippen LogP contribution in [0.5, 0.6) is 11.5 Å². The highest BCUT2D eigenvalue weighted by atomic mass is 32.2. The second kappa shape index (κ2) is 10.0. The van der Waals surface area contributed by atoms with Gasteiger partial charge in [0.2, 0.25) is 26.6 Å². The number of hydrogen-bond donors (Lipinski definition) is 1. The van der Waals surface area contributed by atoms with Crippen molar-refractivity contribution < 1.29 is 22.3 Å². The Balaban J connectivity index is 1.70. The number of hydrogen-bond acceptors (Lipinski definition) is 7. The lowest BCUT2D eigenvalue weighted by Crippen LogP contribution is -2.07. The highest BCUT2D eigenvalue weighted by Crippen LogP contribution is 2.33.